The molecule has 17 heavy (non-hydrogen) atoms. The molecule has 0 bridgehead atoms. The van der Waals surface area contributed by atoms with Gasteiger partial charge in [-0.25, -0.2) is 0 Å². The number of aromatic nitrogens is 1. The van der Waals surface area contributed by atoms with Crippen LogP contribution in [0.2, 0.25) is 0 Å². The Morgan fingerprint density at radius 2 is 1.76 bits per heavy atom. The molecule has 1 heterocycles. The highest BCUT2D eigenvalue weighted by Gasteiger charge is 2.33. The van der Waals surface area contributed by atoms with Crippen molar-refractivity contribution in [3.8, 4) is 0 Å². The molecule has 4 heteroatoms. The zero-order chi connectivity index (χ0) is 13.3. The van der Waals surface area contributed by atoms with E-state index in [9.17, 15) is 13.2 Å². The van der Waals surface area contributed by atoms with Crippen molar-refractivity contribution >= 4 is 6.08 Å². The van der Waals surface area contributed by atoms with Crippen molar-refractivity contribution in [2.45, 2.75) is 33.9 Å². The maximum atomic E-state index is 12.8. The number of halogens is 3. The average Bonchev–Trinajstić information content (AvgIpc) is 2.13. The van der Waals surface area contributed by atoms with Crippen LogP contribution in [0.3, 0.4) is 0 Å². The van der Waals surface area contributed by atoms with E-state index in [1.165, 1.54) is 12.3 Å². The molecular formula is C13H16F3N. The largest absolute Gasteiger partial charge is 0.417 e. The second kappa shape index (κ2) is 4.51. The summed E-state index contributed by atoms with van der Waals surface area (Å²) in [6.45, 7) is 7.33. The van der Waals surface area contributed by atoms with E-state index in [1.807, 2.05) is 20.8 Å². The van der Waals surface area contributed by atoms with Crippen LogP contribution in [-0.2, 0) is 6.18 Å². The first-order chi connectivity index (χ1) is 7.59. The summed E-state index contributed by atoms with van der Waals surface area (Å²) in [6.07, 6.45) is 0.148. The van der Waals surface area contributed by atoms with Crippen LogP contribution in [0, 0.1) is 12.3 Å². The van der Waals surface area contributed by atoms with E-state index in [1.54, 1.807) is 13.0 Å². The summed E-state index contributed by atoms with van der Waals surface area (Å²) < 4.78 is 38.4. The molecule has 1 nitrogen and oxygen atoms in total. The van der Waals surface area contributed by atoms with Gasteiger partial charge in [-0.05, 0) is 18.4 Å². The molecule has 0 N–H and O–H groups in total. The fraction of sp³-hybridized carbons (Fsp3) is 0.462. The van der Waals surface area contributed by atoms with Crippen LogP contribution in [-0.4, -0.2) is 4.98 Å². The Morgan fingerprint density at radius 3 is 2.24 bits per heavy atom. The number of pyridine rings is 1. The van der Waals surface area contributed by atoms with Crippen molar-refractivity contribution in [2.75, 3.05) is 0 Å². The van der Waals surface area contributed by atoms with Crippen molar-refractivity contribution in [2.24, 2.45) is 5.41 Å². The van der Waals surface area contributed by atoms with Gasteiger partial charge in [0.15, 0.2) is 0 Å². The number of aryl methyl sites for hydroxylation is 1. The summed E-state index contributed by atoms with van der Waals surface area (Å²) in [5.41, 5.74) is -0.318. The average molecular weight is 243 g/mol. The highest BCUT2D eigenvalue weighted by atomic mass is 19.4. The van der Waals surface area contributed by atoms with Crippen molar-refractivity contribution in [3.05, 3.63) is 35.2 Å². The van der Waals surface area contributed by atoms with E-state index in [0.717, 1.165) is 6.07 Å². The molecule has 0 aliphatic rings. The van der Waals surface area contributed by atoms with Gasteiger partial charge in [0.25, 0.3) is 0 Å². The maximum Gasteiger partial charge on any atom is 0.417 e. The Morgan fingerprint density at radius 1 is 1.18 bits per heavy atom. The number of alkyl halides is 3. The molecule has 0 aromatic carbocycles. The lowest BCUT2D eigenvalue weighted by molar-refractivity contribution is -0.137. The predicted molar refractivity (Wildman–Crippen MR) is 62.5 cm³/mol. The molecule has 0 amide bonds. The Hall–Kier alpha value is -1.32. The van der Waals surface area contributed by atoms with Gasteiger partial charge in [-0.2, -0.15) is 13.2 Å². The fourth-order valence-corrected chi connectivity index (χ4v) is 1.29. The first kappa shape index (κ1) is 13.7. The Bertz CT molecular complexity index is 425. The third-order valence-electron chi connectivity index (χ3n) is 2.14. The number of nitrogens with zero attached hydrogens (tertiary/aromatic N) is 1. The molecule has 1 aromatic heterocycles. The fourth-order valence-electron chi connectivity index (χ4n) is 1.29. The first-order valence-electron chi connectivity index (χ1n) is 5.33. The molecular weight excluding hydrogens is 227 g/mol. The second-order valence-corrected chi connectivity index (χ2v) is 5.11. The molecule has 0 radical (unpaired) electrons. The molecule has 0 aliphatic heterocycles. The van der Waals surface area contributed by atoms with Gasteiger partial charge in [-0.1, -0.05) is 32.9 Å². The lowest BCUT2D eigenvalue weighted by Crippen LogP contribution is -2.09. The Labute approximate surface area is 99.4 Å². The maximum absolute atomic E-state index is 12.8. The molecule has 94 valence electrons. The van der Waals surface area contributed by atoms with Crippen LogP contribution in [0.4, 0.5) is 13.2 Å². The van der Waals surface area contributed by atoms with Gasteiger partial charge in [0.2, 0.25) is 0 Å². The highest BCUT2D eigenvalue weighted by molar-refractivity contribution is 5.54. The molecule has 0 unspecified atom stereocenters. The second-order valence-electron chi connectivity index (χ2n) is 5.11. The van der Waals surface area contributed by atoms with Gasteiger partial charge in [0, 0.05) is 17.5 Å². The molecule has 0 spiro atoms. The van der Waals surface area contributed by atoms with Crippen LogP contribution in [0.5, 0.6) is 0 Å². The standard InChI is InChI=1S/C13H16F3N/c1-9-7-11(13(14,15)16)10(8-17-9)5-6-12(2,3)4/h5-8H,1-4H3/b6-5+. The molecule has 1 rings (SSSR count). The van der Waals surface area contributed by atoms with Crippen LogP contribution >= 0.6 is 0 Å². The number of hydrogen-bond donors (Lipinski definition) is 0. The van der Waals surface area contributed by atoms with Gasteiger partial charge in [0.1, 0.15) is 0 Å². The van der Waals surface area contributed by atoms with Crippen molar-refractivity contribution in [1.82, 2.24) is 4.98 Å². The van der Waals surface area contributed by atoms with Crippen LogP contribution < -0.4 is 0 Å². The smallest absolute Gasteiger partial charge is 0.261 e. The highest BCUT2D eigenvalue weighted by Crippen LogP contribution is 2.33. The zero-order valence-corrected chi connectivity index (χ0v) is 10.4. The molecule has 1 aromatic rings. The lowest BCUT2D eigenvalue weighted by atomic mass is 9.94. The van der Waals surface area contributed by atoms with E-state index in [-0.39, 0.29) is 11.0 Å². The van der Waals surface area contributed by atoms with E-state index in [0.29, 0.717) is 5.69 Å². The van der Waals surface area contributed by atoms with E-state index < -0.39 is 11.7 Å². The molecule has 0 saturated carbocycles. The quantitative estimate of drug-likeness (QED) is 0.709. The molecule has 0 atom stereocenters. The third-order valence-corrected chi connectivity index (χ3v) is 2.14. The zero-order valence-electron chi connectivity index (χ0n) is 10.4. The van der Waals surface area contributed by atoms with E-state index >= 15 is 0 Å². The Kier molecular flexibility index (Phi) is 3.65. The summed E-state index contributed by atoms with van der Waals surface area (Å²) in [5.74, 6) is 0. The summed E-state index contributed by atoms with van der Waals surface area (Å²) in [4.78, 5) is 3.90. The van der Waals surface area contributed by atoms with Crippen LogP contribution in [0.1, 0.15) is 37.6 Å². The third kappa shape index (κ3) is 4.21. The first-order valence-corrected chi connectivity index (χ1v) is 5.33. The lowest BCUT2D eigenvalue weighted by Gasteiger charge is -2.14. The topological polar surface area (TPSA) is 12.9 Å². The molecule has 0 fully saturated rings. The molecule has 0 saturated heterocycles. The molecule has 0 aliphatic carbocycles. The van der Waals surface area contributed by atoms with Crippen molar-refractivity contribution in [3.63, 3.8) is 0 Å². The minimum Gasteiger partial charge on any atom is -0.261 e. The number of allylic oxidation sites excluding steroid dienone is 1. The summed E-state index contributed by atoms with van der Waals surface area (Å²) in [6, 6.07) is 1.07. The minimum atomic E-state index is -4.34. The number of rotatable bonds is 1. The number of hydrogen-bond acceptors (Lipinski definition) is 1. The predicted octanol–water partition coefficient (Wildman–Crippen LogP) is 4.47. The van der Waals surface area contributed by atoms with E-state index in [2.05, 4.69) is 4.98 Å². The van der Waals surface area contributed by atoms with Gasteiger partial charge >= 0.3 is 6.18 Å². The SMILES string of the molecule is Cc1cc(C(F)(F)F)c(/C=C/C(C)(C)C)cn1. The minimum absolute atomic E-state index is 0.109. The normalized spacial score (nSPS) is 13.4. The van der Waals surface area contributed by atoms with Crippen molar-refractivity contribution in [1.29, 1.82) is 0 Å². The van der Waals surface area contributed by atoms with Gasteiger partial charge in [0.05, 0.1) is 5.56 Å². The monoisotopic (exact) mass is 243 g/mol. The van der Waals surface area contributed by atoms with Crippen LogP contribution in [0.15, 0.2) is 18.3 Å². The summed E-state index contributed by atoms with van der Waals surface area (Å²) in [7, 11) is 0. The summed E-state index contributed by atoms with van der Waals surface area (Å²) in [5, 5.41) is 0. The van der Waals surface area contributed by atoms with Gasteiger partial charge in [-0.15, -0.1) is 0 Å². The van der Waals surface area contributed by atoms with Gasteiger partial charge in [-0.3, -0.25) is 4.98 Å². The van der Waals surface area contributed by atoms with Crippen molar-refractivity contribution < 1.29 is 13.2 Å². The van der Waals surface area contributed by atoms with E-state index in [4.69, 9.17) is 0 Å². The van der Waals surface area contributed by atoms with Gasteiger partial charge < -0.3 is 0 Å². The summed E-state index contributed by atoms with van der Waals surface area (Å²) >= 11 is 0. The Balaban J connectivity index is 3.21. The van der Waals surface area contributed by atoms with Crippen LogP contribution in [0.25, 0.3) is 6.08 Å².